The number of halogens is 2. The molecule has 0 saturated heterocycles. The first-order chi connectivity index (χ1) is 9.50. The molecule has 1 aromatic heterocycles. The van der Waals surface area contributed by atoms with Crippen LogP contribution in [-0.4, -0.2) is 5.11 Å². The summed E-state index contributed by atoms with van der Waals surface area (Å²) in [4.78, 5) is 0. The Morgan fingerprint density at radius 2 is 1.90 bits per heavy atom. The maximum atomic E-state index is 13.7. The lowest BCUT2D eigenvalue weighted by molar-refractivity contribution is 0.0777. The highest BCUT2D eigenvalue weighted by atomic mass is 79.9. The molecule has 0 aliphatic rings. The first kappa shape index (κ1) is 13.3. The molecular formula is C16H12BrFO2. The van der Waals surface area contributed by atoms with E-state index in [2.05, 4.69) is 15.9 Å². The van der Waals surface area contributed by atoms with Crippen LogP contribution in [0.5, 0.6) is 0 Å². The third-order valence-electron chi connectivity index (χ3n) is 3.37. The molecular weight excluding hydrogens is 323 g/mol. The van der Waals surface area contributed by atoms with Crippen molar-refractivity contribution in [2.45, 2.75) is 12.5 Å². The standard InChI is InChI=1S/C16H12BrFO2/c1-16(19,11-6-2-3-7-12(11)17)14-9-10-5-4-8-13(18)15(10)20-14/h2-9,19H,1H3. The Morgan fingerprint density at radius 3 is 2.60 bits per heavy atom. The van der Waals surface area contributed by atoms with Crippen LogP contribution in [0.25, 0.3) is 11.0 Å². The van der Waals surface area contributed by atoms with Crippen LogP contribution >= 0.6 is 15.9 Å². The normalized spacial score (nSPS) is 14.4. The van der Waals surface area contributed by atoms with E-state index in [4.69, 9.17) is 4.42 Å². The second-order valence-electron chi connectivity index (χ2n) is 4.82. The predicted octanol–water partition coefficient (Wildman–Crippen LogP) is 4.59. The lowest BCUT2D eigenvalue weighted by Gasteiger charge is -2.22. The average Bonchev–Trinajstić information content (AvgIpc) is 2.85. The molecule has 1 N–H and O–H groups in total. The van der Waals surface area contributed by atoms with Gasteiger partial charge in [0.25, 0.3) is 0 Å². The maximum absolute atomic E-state index is 13.7. The van der Waals surface area contributed by atoms with Crippen LogP contribution in [0.2, 0.25) is 0 Å². The minimum Gasteiger partial charge on any atom is -0.455 e. The van der Waals surface area contributed by atoms with Gasteiger partial charge in [-0.05, 0) is 25.1 Å². The van der Waals surface area contributed by atoms with Gasteiger partial charge < -0.3 is 9.52 Å². The lowest BCUT2D eigenvalue weighted by atomic mass is 9.93. The molecule has 3 aromatic rings. The SMILES string of the molecule is CC(O)(c1cc2cccc(F)c2o1)c1ccccc1Br. The molecule has 0 aliphatic carbocycles. The van der Waals surface area contributed by atoms with Gasteiger partial charge in [-0.1, -0.05) is 46.3 Å². The molecule has 0 radical (unpaired) electrons. The minimum absolute atomic E-state index is 0.162. The van der Waals surface area contributed by atoms with Crippen molar-refractivity contribution in [2.24, 2.45) is 0 Å². The van der Waals surface area contributed by atoms with Crippen LogP contribution in [0.3, 0.4) is 0 Å². The van der Waals surface area contributed by atoms with Gasteiger partial charge in [0.15, 0.2) is 11.4 Å². The summed E-state index contributed by atoms with van der Waals surface area (Å²) >= 11 is 3.41. The predicted molar refractivity (Wildman–Crippen MR) is 79.0 cm³/mol. The fourth-order valence-electron chi connectivity index (χ4n) is 2.26. The number of benzene rings is 2. The molecule has 0 saturated carbocycles. The van der Waals surface area contributed by atoms with E-state index in [-0.39, 0.29) is 5.58 Å². The van der Waals surface area contributed by atoms with E-state index in [1.807, 2.05) is 18.2 Å². The number of fused-ring (bicyclic) bond motifs is 1. The second-order valence-corrected chi connectivity index (χ2v) is 5.68. The zero-order valence-corrected chi connectivity index (χ0v) is 12.3. The molecule has 2 aromatic carbocycles. The summed E-state index contributed by atoms with van der Waals surface area (Å²) in [5.41, 5.74) is -0.514. The van der Waals surface area contributed by atoms with Crippen LogP contribution in [0.15, 0.2) is 57.4 Å². The Kier molecular flexibility index (Phi) is 3.15. The molecule has 0 aliphatic heterocycles. The van der Waals surface area contributed by atoms with Gasteiger partial charge in [0.2, 0.25) is 0 Å². The third-order valence-corrected chi connectivity index (χ3v) is 4.07. The van der Waals surface area contributed by atoms with E-state index in [0.717, 1.165) is 4.47 Å². The van der Waals surface area contributed by atoms with Gasteiger partial charge in [-0.15, -0.1) is 0 Å². The number of furan rings is 1. The van der Waals surface area contributed by atoms with Crippen molar-refractivity contribution >= 4 is 26.9 Å². The second kappa shape index (κ2) is 4.72. The van der Waals surface area contributed by atoms with E-state index in [1.54, 1.807) is 31.2 Å². The van der Waals surface area contributed by atoms with Crippen LogP contribution in [0.4, 0.5) is 4.39 Å². The van der Waals surface area contributed by atoms with Gasteiger partial charge in [-0.2, -0.15) is 0 Å². The average molecular weight is 335 g/mol. The molecule has 20 heavy (non-hydrogen) atoms. The molecule has 1 atom stereocenters. The largest absolute Gasteiger partial charge is 0.455 e. The number of hydrogen-bond acceptors (Lipinski definition) is 2. The highest BCUT2D eigenvalue weighted by molar-refractivity contribution is 9.10. The van der Waals surface area contributed by atoms with Gasteiger partial charge in [0.05, 0.1) is 0 Å². The summed E-state index contributed by atoms with van der Waals surface area (Å²) in [5.74, 6) is -0.124. The van der Waals surface area contributed by atoms with Gasteiger partial charge in [0.1, 0.15) is 11.4 Å². The highest BCUT2D eigenvalue weighted by Crippen LogP contribution is 2.37. The maximum Gasteiger partial charge on any atom is 0.170 e. The number of hydrogen-bond donors (Lipinski definition) is 1. The Morgan fingerprint density at radius 1 is 1.15 bits per heavy atom. The summed E-state index contributed by atoms with van der Waals surface area (Å²) in [7, 11) is 0. The van der Waals surface area contributed by atoms with E-state index < -0.39 is 11.4 Å². The Labute approximate surface area is 124 Å². The van der Waals surface area contributed by atoms with Crippen molar-refractivity contribution in [1.29, 1.82) is 0 Å². The van der Waals surface area contributed by atoms with Crippen molar-refractivity contribution in [3.05, 3.63) is 70.1 Å². The number of rotatable bonds is 2. The molecule has 0 bridgehead atoms. The van der Waals surface area contributed by atoms with E-state index in [0.29, 0.717) is 16.7 Å². The Hall–Kier alpha value is -1.65. The lowest BCUT2D eigenvalue weighted by Crippen LogP contribution is -2.22. The fraction of sp³-hybridized carbons (Fsp3) is 0.125. The molecule has 1 unspecified atom stereocenters. The summed E-state index contributed by atoms with van der Waals surface area (Å²) in [6.45, 7) is 1.63. The van der Waals surface area contributed by atoms with Crippen molar-refractivity contribution in [1.82, 2.24) is 0 Å². The summed E-state index contributed by atoms with van der Waals surface area (Å²) in [6.07, 6.45) is 0. The monoisotopic (exact) mass is 334 g/mol. The summed E-state index contributed by atoms with van der Waals surface area (Å²) < 4.78 is 20.0. The van der Waals surface area contributed by atoms with Gasteiger partial charge in [-0.3, -0.25) is 0 Å². The third kappa shape index (κ3) is 2.05. The van der Waals surface area contributed by atoms with Crippen molar-refractivity contribution in [2.75, 3.05) is 0 Å². The fourth-order valence-corrected chi connectivity index (χ4v) is 2.93. The quantitative estimate of drug-likeness (QED) is 0.743. The van der Waals surface area contributed by atoms with Crippen LogP contribution in [0, 0.1) is 5.82 Å². The molecule has 1 heterocycles. The Bertz CT molecular complexity index is 777. The molecule has 4 heteroatoms. The molecule has 0 spiro atoms. The molecule has 3 rings (SSSR count). The van der Waals surface area contributed by atoms with Crippen molar-refractivity contribution < 1.29 is 13.9 Å². The smallest absolute Gasteiger partial charge is 0.170 e. The van der Waals surface area contributed by atoms with Crippen molar-refractivity contribution in [3.8, 4) is 0 Å². The van der Waals surface area contributed by atoms with Gasteiger partial charge in [-0.25, -0.2) is 4.39 Å². The number of para-hydroxylation sites is 1. The van der Waals surface area contributed by atoms with E-state index >= 15 is 0 Å². The molecule has 0 amide bonds. The first-order valence-electron chi connectivity index (χ1n) is 6.16. The highest BCUT2D eigenvalue weighted by Gasteiger charge is 2.31. The zero-order valence-electron chi connectivity index (χ0n) is 10.7. The van der Waals surface area contributed by atoms with Crippen LogP contribution in [-0.2, 0) is 5.60 Å². The summed E-state index contributed by atoms with van der Waals surface area (Å²) in [5, 5.41) is 11.4. The molecule has 102 valence electrons. The van der Waals surface area contributed by atoms with Crippen molar-refractivity contribution in [3.63, 3.8) is 0 Å². The van der Waals surface area contributed by atoms with E-state index in [9.17, 15) is 9.50 Å². The van der Waals surface area contributed by atoms with Crippen LogP contribution in [0.1, 0.15) is 18.2 Å². The van der Waals surface area contributed by atoms with Gasteiger partial charge >= 0.3 is 0 Å². The minimum atomic E-state index is -1.34. The van der Waals surface area contributed by atoms with E-state index in [1.165, 1.54) is 6.07 Å². The number of aliphatic hydroxyl groups is 1. The molecule has 0 fully saturated rings. The first-order valence-corrected chi connectivity index (χ1v) is 6.95. The molecule has 2 nitrogen and oxygen atoms in total. The topological polar surface area (TPSA) is 33.4 Å². The Balaban J connectivity index is 2.19. The summed E-state index contributed by atoms with van der Waals surface area (Å²) in [6, 6.07) is 13.7. The zero-order chi connectivity index (χ0) is 14.3. The van der Waals surface area contributed by atoms with Crippen LogP contribution < -0.4 is 0 Å². The van der Waals surface area contributed by atoms with Gasteiger partial charge in [0, 0.05) is 15.4 Å².